The molecule has 0 aliphatic carbocycles. The van der Waals surface area contributed by atoms with E-state index < -0.39 is 23.1 Å². The molecule has 8 aromatic heterocycles. The van der Waals surface area contributed by atoms with Crippen molar-refractivity contribution in [1.29, 1.82) is 0 Å². The third-order valence-corrected chi connectivity index (χ3v) is 15.5. The van der Waals surface area contributed by atoms with E-state index >= 15 is 0 Å². The highest BCUT2D eigenvalue weighted by molar-refractivity contribution is 6.37. The first kappa shape index (κ1) is 54.3. The number of hydrogen-bond donors (Lipinski definition) is 2. The standard InChI is InChI=1S/C61H49Cl2F3N14O3/c1-76(2)56-47(54(62)45-29-39(11-18-49(45)73-56)59(81,52-32-67-35-77(52)3)41-13-20-51(71-31-41)61(64,65)66)27-37-9-16-44(17-10-37)80-26-21-42(75-80)34-83-57-48(28-38-7-14-43(15-8-38)79-25-6-24-72-79)55(63)46-30-40(12-19-50(46)74-57)60(82,53-33-68-36-78(53)4)58-69-22-5-23-70-58/h5-26,29-33,35-36,81-82H,27-28,34H2,1-4H3. The molecular weight excluding hydrogens is 1100 g/mol. The van der Waals surface area contributed by atoms with Gasteiger partial charge in [-0.3, -0.25) is 4.98 Å². The van der Waals surface area contributed by atoms with Crippen LogP contribution in [0.2, 0.25) is 10.0 Å². The van der Waals surface area contributed by atoms with Crippen molar-refractivity contribution in [2.45, 2.75) is 36.8 Å². The number of benzene rings is 4. The largest absolute Gasteiger partial charge is 0.471 e. The van der Waals surface area contributed by atoms with E-state index in [2.05, 4.69) is 30.0 Å². The minimum atomic E-state index is -4.67. The zero-order chi connectivity index (χ0) is 57.8. The molecule has 2 N–H and O–H groups in total. The van der Waals surface area contributed by atoms with Crippen molar-refractivity contribution in [3.8, 4) is 17.3 Å². The van der Waals surface area contributed by atoms with Gasteiger partial charge in [-0.15, -0.1) is 0 Å². The summed E-state index contributed by atoms with van der Waals surface area (Å²) in [6.07, 6.45) is 11.8. The SMILES string of the molecule is CN(C)c1nc2ccc(C(O)(c3ccc(C(F)(F)F)nc3)c3cncn3C)cc2c(Cl)c1Cc1ccc(-n2ccc(COc3nc4ccc(C(O)(c5ncccn5)c5cncn5C)cc4c(Cl)c3Cc3ccc(-n4cccn4)cc3)n2)cc1. The third-order valence-electron chi connectivity index (χ3n) is 14.6. The number of aromatic nitrogens is 13. The molecule has 17 nitrogen and oxygen atoms in total. The lowest BCUT2D eigenvalue weighted by Gasteiger charge is -2.30. The molecule has 0 fully saturated rings. The van der Waals surface area contributed by atoms with Crippen LogP contribution in [0.1, 0.15) is 67.5 Å². The fourth-order valence-corrected chi connectivity index (χ4v) is 11.0. The van der Waals surface area contributed by atoms with E-state index in [0.29, 0.717) is 95.7 Å². The fraction of sp³-hybridized carbons (Fsp3) is 0.164. The highest BCUT2D eigenvalue weighted by Gasteiger charge is 2.41. The van der Waals surface area contributed by atoms with Crippen molar-refractivity contribution in [2.75, 3.05) is 19.0 Å². The molecule has 12 aromatic rings. The average Bonchev–Trinajstić information content (AvgIpc) is 3.63. The van der Waals surface area contributed by atoms with Crippen LogP contribution >= 0.6 is 23.2 Å². The van der Waals surface area contributed by atoms with E-state index in [1.807, 2.05) is 92.1 Å². The molecule has 22 heteroatoms. The number of ether oxygens (including phenoxy) is 1. The average molecular weight is 1150 g/mol. The lowest BCUT2D eigenvalue weighted by atomic mass is 9.83. The first-order valence-electron chi connectivity index (χ1n) is 25.9. The maximum absolute atomic E-state index is 13.6. The molecule has 4 aromatic carbocycles. The molecule has 0 aliphatic heterocycles. The van der Waals surface area contributed by atoms with Crippen LogP contribution in [0.25, 0.3) is 33.2 Å². The number of pyridine rings is 3. The molecule has 83 heavy (non-hydrogen) atoms. The van der Waals surface area contributed by atoms with Crippen LogP contribution in [0.3, 0.4) is 0 Å². The molecule has 0 aliphatic rings. The summed E-state index contributed by atoms with van der Waals surface area (Å²) in [5.41, 5.74) is 3.35. The van der Waals surface area contributed by atoms with Crippen molar-refractivity contribution in [3.05, 3.63) is 255 Å². The van der Waals surface area contributed by atoms with Gasteiger partial charge in [0.25, 0.3) is 0 Å². The maximum Gasteiger partial charge on any atom is 0.433 e. The van der Waals surface area contributed by atoms with Crippen LogP contribution in [0.15, 0.2) is 177 Å². The lowest BCUT2D eigenvalue weighted by Crippen LogP contribution is -2.33. The van der Waals surface area contributed by atoms with E-state index in [9.17, 15) is 23.4 Å². The van der Waals surface area contributed by atoms with Gasteiger partial charge >= 0.3 is 6.18 Å². The van der Waals surface area contributed by atoms with Gasteiger partial charge in [-0.1, -0.05) is 65.7 Å². The third kappa shape index (κ3) is 10.1. The number of alkyl halides is 3. The molecule has 0 amide bonds. The Kier molecular flexibility index (Phi) is 14.1. The molecular formula is C61H49Cl2F3N14O3. The van der Waals surface area contributed by atoms with Crippen LogP contribution in [-0.4, -0.2) is 87.9 Å². The van der Waals surface area contributed by atoms with Crippen LogP contribution in [0, 0.1) is 0 Å². The molecule has 0 saturated heterocycles. The number of nitrogens with zero attached hydrogens (tertiary/aromatic N) is 14. The van der Waals surface area contributed by atoms with Gasteiger partial charge in [-0.25, -0.2) is 39.3 Å². The van der Waals surface area contributed by atoms with Crippen molar-refractivity contribution in [2.24, 2.45) is 14.1 Å². The quantitative estimate of drug-likeness (QED) is 0.0931. The molecule has 0 spiro atoms. The van der Waals surface area contributed by atoms with Gasteiger partial charge in [0.1, 0.15) is 23.8 Å². The number of fused-ring (bicyclic) bond motifs is 2. The van der Waals surface area contributed by atoms with Gasteiger partial charge in [0.05, 0.1) is 68.9 Å². The smallest absolute Gasteiger partial charge is 0.433 e. The van der Waals surface area contributed by atoms with E-state index in [1.54, 1.807) is 106 Å². The van der Waals surface area contributed by atoms with Gasteiger partial charge < -0.3 is 29.0 Å². The van der Waals surface area contributed by atoms with Gasteiger partial charge in [0.2, 0.25) is 5.88 Å². The summed E-state index contributed by atoms with van der Waals surface area (Å²) in [4.78, 5) is 33.0. The van der Waals surface area contributed by atoms with Gasteiger partial charge in [0.15, 0.2) is 17.0 Å². The predicted molar refractivity (Wildman–Crippen MR) is 307 cm³/mol. The predicted octanol–water partition coefficient (Wildman–Crippen LogP) is 10.5. The Morgan fingerprint density at radius 2 is 1.18 bits per heavy atom. The molecule has 416 valence electrons. The summed E-state index contributed by atoms with van der Waals surface area (Å²) >= 11 is 14.8. The molecule has 0 bridgehead atoms. The fourth-order valence-electron chi connectivity index (χ4n) is 10.4. The summed E-state index contributed by atoms with van der Waals surface area (Å²) in [5, 5.41) is 36.4. The van der Waals surface area contributed by atoms with Crippen molar-refractivity contribution in [3.63, 3.8) is 0 Å². The summed E-state index contributed by atoms with van der Waals surface area (Å²) in [5.74, 6) is 1.11. The number of anilines is 1. The Balaban J connectivity index is 0.825. The van der Waals surface area contributed by atoms with E-state index in [1.165, 1.54) is 18.6 Å². The van der Waals surface area contributed by atoms with E-state index in [0.717, 1.165) is 34.8 Å². The Hall–Kier alpha value is -9.34. The van der Waals surface area contributed by atoms with Gasteiger partial charge in [-0.2, -0.15) is 23.4 Å². The summed E-state index contributed by atoms with van der Waals surface area (Å²) < 4.78 is 54.2. The topological polar surface area (TPSA) is 189 Å². The Labute approximate surface area is 482 Å². The van der Waals surface area contributed by atoms with Crippen LogP contribution in [-0.2, 0) is 50.9 Å². The molecule has 0 saturated carbocycles. The van der Waals surface area contributed by atoms with Crippen LogP contribution in [0.4, 0.5) is 19.0 Å². The van der Waals surface area contributed by atoms with E-state index in [4.69, 9.17) is 43.0 Å². The number of rotatable bonds is 16. The highest BCUT2D eigenvalue weighted by atomic mass is 35.5. The maximum atomic E-state index is 13.6. The minimum absolute atomic E-state index is 0.0536. The van der Waals surface area contributed by atoms with Crippen LogP contribution < -0.4 is 9.64 Å². The number of aryl methyl sites for hydroxylation is 2. The van der Waals surface area contributed by atoms with Gasteiger partial charge in [0, 0.05) is 106 Å². The summed E-state index contributed by atoms with van der Waals surface area (Å²) in [6, 6.07) is 33.7. The zero-order valence-electron chi connectivity index (χ0n) is 44.8. The van der Waals surface area contributed by atoms with Crippen molar-refractivity contribution in [1.82, 2.24) is 63.6 Å². The van der Waals surface area contributed by atoms with Crippen LogP contribution in [0.5, 0.6) is 5.88 Å². The normalized spacial score (nSPS) is 13.3. The first-order valence-corrected chi connectivity index (χ1v) is 26.7. The molecule has 2 unspecified atom stereocenters. The second-order valence-electron chi connectivity index (χ2n) is 20.2. The van der Waals surface area contributed by atoms with Gasteiger partial charge in [-0.05, 0) is 95.1 Å². The number of hydrogen-bond acceptors (Lipinski definition) is 13. The zero-order valence-corrected chi connectivity index (χ0v) is 46.3. The first-order chi connectivity index (χ1) is 40.0. The van der Waals surface area contributed by atoms with Crippen molar-refractivity contribution >= 4 is 50.8 Å². The molecule has 12 rings (SSSR count). The Morgan fingerprint density at radius 1 is 0.602 bits per heavy atom. The number of imidazole rings is 2. The lowest BCUT2D eigenvalue weighted by molar-refractivity contribution is -0.141. The summed E-state index contributed by atoms with van der Waals surface area (Å²) in [6.45, 7) is 0.0536. The number of halogens is 5. The molecule has 8 heterocycles. The van der Waals surface area contributed by atoms with E-state index in [-0.39, 0.29) is 18.0 Å². The molecule has 2 atom stereocenters. The highest BCUT2D eigenvalue weighted by Crippen LogP contribution is 2.43. The Morgan fingerprint density at radius 3 is 1.75 bits per heavy atom. The minimum Gasteiger partial charge on any atom is -0.471 e. The molecule has 0 radical (unpaired) electrons. The second-order valence-corrected chi connectivity index (χ2v) is 20.9. The van der Waals surface area contributed by atoms with Crippen molar-refractivity contribution < 1.29 is 28.1 Å². The Bertz CT molecular complexity index is 4330. The summed E-state index contributed by atoms with van der Waals surface area (Å²) in [7, 11) is 7.23. The second kappa shape index (κ2) is 21.5. The monoisotopic (exact) mass is 1150 g/mol. The number of aliphatic hydroxyl groups is 2.